The molecule has 1 unspecified atom stereocenters. The predicted molar refractivity (Wildman–Crippen MR) is 77.2 cm³/mol. The van der Waals surface area contributed by atoms with Crippen LogP contribution in [0.4, 0.5) is 5.69 Å². The number of hydrogen-bond donors (Lipinski definition) is 1. The molecule has 1 atom stereocenters. The molecule has 0 saturated heterocycles. The number of carbonyl (C=O) groups is 1. The van der Waals surface area contributed by atoms with Crippen LogP contribution in [-0.4, -0.2) is 30.7 Å². The van der Waals surface area contributed by atoms with Crippen LogP contribution in [0.3, 0.4) is 0 Å². The fourth-order valence-corrected chi connectivity index (χ4v) is 1.73. The smallest absolute Gasteiger partial charge is 0.346 e. The SMILES string of the molecule is CCCNCc1ccc(OC(C)C(=O)OC)c([N+](=O)[O-])c1. The third-order valence-corrected chi connectivity index (χ3v) is 2.81. The summed E-state index contributed by atoms with van der Waals surface area (Å²) >= 11 is 0. The fraction of sp³-hybridized carbons (Fsp3) is 0.500. The summed E-state index contributed by atoms with van der Waals surface area (Å²) < 4.78 is 9.83. The lowest BCUT2D eigenvalue weighted by molar-refractivity contribution is -0.386. The van der Waals surface area contributed by atoms with Gasteiger partial charge in [-0.05, 0) is 31.5 Å². The van der Waals surface area contributed by atoms with E-state index in [0.717, 1.165) is 18.5 Å². The molecule has 1 rings (SSSR count). The van der Waals surface area contributed by atoms with Gasteiger partial charge in [0.15, 0.2) is 11.9 Å². The van der Waals surface area contributed by atoms with Crippen molar-refractivity contribution in [3.8, 4) is 5.75 Å². The largest absolute Gasteiger partial charge is 0.472 e. The zero-order valence-electron chi connectivity index (χ0n) is 12.4. The molecule has 0 aliphatic carbocycles. The van der Waals surface area contributed by atoms with E-state index >= 15 is 0 Å². The second-order valence-electron chi connectivity index (χ2n) is 4.52. The third kappa shape index (κ3) is 5.03. The van der Waals surface area contributed by atoms with Crippen molar-refractivity contribution in [2.45, 2.75) is 32.9 Å². The van der Waals surface area contributed by atoms with E-state index in [2.05, 4.69) is 10.1 Å². The number of methoxy groups -OCH3 is 1. The Kier molecular flexibility index (Phi) is 6.61. The van der Waals surface area contributed by atoms with Crippen molar-refractivity contribution < 1.29 is 19.2 Å². The Balaban J connectivity index is 2.89. The van der Waals surface area contributed by atoms with Crippen molar-refractivity contribution in [1.82, 2.24) is 5.32 Å². The Hall–Kier alpha value is -2.15. The molecule has 0 radical (unpaired) electrons. The first-order chi connectivity index (χ1) is 9.99. The molecule has 0 aliphatic heterocycles. The molecule has 0 saturated carbocycles. The number of nitro groups is 1. The second-order valence-corrected chi connectivity index (χ2v) is 4.52. The summed E-state index contributed by atoms with van der Waals surface area (Å²) in [6.45, 7) is 4.90. The van der Waals surface area contributed by atoms with E-state index in [-0.39, 0.29) is 11.4 Å². The standard InChI is InChI=1S/C14H20N2O5/c1-4-7-15-9-11-5-6-13(12(8-11)16(18)19)21-10(2)14(17)20-3/h5-6,8,10,15H,4,7,9H2,1-3H3. The van der Waals surface area contributed by atoms with Crippen molar-refractivity contribution in [3.63, 3.8) is 0 Å². The molecule has 7 nitrogen and oxygen atoms in total. The lowest BCUT2D eigenvalue weighted by Gasteiger charge is -2.13. The first-order valence-corrected chi connectivity index (χ1v) is 6.72. The first-order valence-electron chi connectivity index (χ1n) is 6.72. The molecule has 21 heavy (non-hydrogen) atoms. The summed E-state index contributed by atoms with van der Waals surface area (Å²) in [6, 6.07) is 4.68. The van der Waals surface area contributed by atoms with E-state index in [1.165, 1.54) is 26.2 Å². The normalized spacial score (nSPS) is 11.8. The van der Waals surface area contributed by atoms with Gasteiger partial charge in [0, 0.05) is 12.6 Å². The molecular weight excluding hydrogens is 276 g/mol. The highest BCUT2D eigenvalue weighted by Crippen LogP contribution is 2.29. The van der Waals surface area contributed by atoms with Crippen molar-refractivity contribution in [1.29, 1.82) is 0 Å². The van der Waals surface area contributed by atoms with E-state index in [1.807, 2.05) is 6.92 Å². The highest BCUT2D eigenvalue weighted by Gasteiger charge is 2.21. The highest BCUT2D eigenvalue weighted by atomic mass is 16.6. The molecule has 0 heterocycles. The Morgan fingerprint density at radius 2 is 2.19 bits per heavy atom. The Bertz CT molecular complexity index is 504. The predicted octanol–water partition coefficient (Wildman–Crippen LogP) is 2.03. The van der Waals surface area contributed by atoms with E-state index in [0.29, 0.717) is 6.54 Å². The van der Waals surface area contributed by atoms with Gasteiger partial charge in [-0.25, -0.2) is 4.79 Å². The van der Waals surface area contributed by atoms with Crippen LogP contribution in [0.1, 0.15) is 25.8 Å². The minimum absolute atomic E-state index is 0.0529. The number of nitrogens with zero attached hydrogens (tertiary/aromatic N) is 1. The van der Waals surface area contributed by atoms with Gasteiger partial charge < -0.3 is 14.8 Å². The Morgan fingerprint density at radius 3 is 2.76 bits per heavy atom. The van der Waals surface area contributed by atoms with E-state index in [4.69, 9.17) is 4.74 Å². The first kappa shape index (κ1) is 16.9. The quantitative estimate of drug-likeness (QED) is 0.341. The summed E-state index contributed by atoms with van der Waals surface area (Å²) in [5.41, 5.74) is 0.620. The molecule has 1 aromatic carbocycles. The van der Waals surface area contributed by atoms with Gasteiger partial charge in [-0.3, -0.25) is 10.1 Å². The minimum atomic E-state index is -0.905. The molecule has 7 heteroatoms. The molecule has 1 aromatic rings. The number of nitrogens with one attached hydrogen (secondary N) is 1. The molecule has 116 valence electrons. The number of carbonyl (C=O) groups excluding carboxylic acids is 1. The van der Waals surface area contributed by atoms with Crippen molar-refractivity contribution in [3.05, 3.63) is 33.9 Å². The number of nitro benzene ring substituents is 1. The van der Waals surface area contributed by atoms with Crippen LogP contribution in [0.2, 0.25) is 0 Å². The Labute approximate surface area is 123 Å². The van der Waals surface area contributed by atoms with Gasteiger partial charge in [-0.1, -0.05) is 13.0 Å². The van der Waals surface area contributed by atoms with Crippen LogP contribution in [-0.2, 0) is 16.1 Å². The minimum Gasteiger partial charge on any atom is -0.472 e. The van der Waals surface area contributed by atoms with Gasteiger partial charge in [-0.15, -0.1) is 0 Å². The number of rotatable bonds is 8. The van der Waals surface area contributed by atoms with Gasteiger partial charge in [0.2, 0.25) is 0 Å². The zero-order valence-corrected chi connectivity index (χ0v) is 12.4. The van der Waals surface area contributed by atoms with E-state index in [1.54, 1.807) is 6.07 Å². The maximum Gasteiger partial charge on any atom is 0.346 e. The molecule has 0 amide bonds. The van der Waals surface area contributed by atoms with Crippen LogP contribution < -0.4 is 10.1 Å². The lowest BCUT2D eigenvalue weighted by atomic mass is 10.2. The van der Waals surface area contributed by atoms with Crippen LogP contribution in [0, 0.1) is 10.1 Å². The Morgan fingerprint density at radius 1 is 1.48 bits per heavy atom. The number of esters is 1. The summed E-state index contributed by atoms with van der Waals surface area (Å²) in [4.78, 5) is 21.9. The zero-order chi connectivity index (χ0) is 15.8. The monoisotopic (exact) mass is 296 g/mol. The summed E-state index contributed by atoms with van der Waals surface area (Å²) in [5, 5.41) is 14.3. The second kappa shape index (κ2) is 8.21. The topological polar surface area (TPSA) is 90.7 Å². The molecule has 0 fully saturated rings. The number of benzene rings is 1. The molecular formula is C14H20N2O5. The van der Waals surface area contributed by atoms with E-state index < -0.39 is 17.0 Å². The van der Waals surface area contributed by atoms with Crippen LogP contribution >= 0.6 is 0 Å². The summed E-state index contributed by atoms with van der Waals surface area (Å²) in [6.07, 6.45) is 0.0812. The van der Waals surface area contributed by atoms with Crippen LogP contribution in [0.5, 0.6) is 5.75 Å². The summed E-state index contributed by atoms with van der Waals surface area (Å²) in [7, 11) is 1.24. The van der Waals surface area contributed by atoms with Crippen molar-refractivity contribution in [2.24, 2.45) is 0 Å². The van der Waals surface area contributed by atoms with Crippen molar-refractivity contribution >= 4 is 11.7 Å². The average molecular weight is 296 g/mol. The average Bonchev–Trinajstić information content (AvgIpc) is 2.47. The van der Waals surface area contributed by atoms with Crippen molar-refractivity contribution in [2.75, 3.05) is 13.7 Å². The lowest BCUT2D eigenvalue weighted by Crippen LogP contribution is -2.25. The molecule has 0 aromatic heterocycles. The highest BCUT2D eigenvalue weighted by molar-refractivity contribution is 5.74. The van der Waals surface area contributed by atoms with Gasteiger partial charge >= 0.3 is 11.7 Å². The molecule has 0 bridgehead atoms. The van der Waals surface area contributed by atoms with E-state index in [9.17, 15) is 14.9 Å². The van der Waals surface area contributed by atoms with Crippen LogP contribution in [0.15, 0.2) is 18.2 Å². The number of ether oxygens (including phenoxy) is 2. The number of hydrogen-bond acceptors (Lipinski definition) is 6. The van der Waals surface area contributed by atoms with Crippen LogP contribution in [0.25, 0.3) is 0 Å². The molecule has 1 N–H and O–H groups in total. The van der Waals surface area contributed by atoms with Gasteiger partial charge in [0.05, 0.1) is 12.0 Å². The maximum absolute atomic E-state index is 11.3. The molecule has 0 spiro atoms. The maximum atomic E-state index is 11.3. The van der Waals surface area contributed by atoms with Gasteiger partial charge in [-0.2, -0.15) is 0 Å². The van der Waals surface area contributed by atoms with Gasteiger partial charge in [0.25, 0.3) is 0 Å². The molecule has 0 aliphatic rings. The third-order valence-electron chi connectivity index (χ3n) is 2.81. The summed E-state index contributed by atoms with van der Waals surface area (Å²) in [5.74, 6) is -0.532. The van der Waals surface area contributed by atoms with Gasteiger partial charge in [0.1, 0.15) is 0 Å². The fourth-order valence-electron chi connectivity index (χ4n) is 1.73.